The molecule has 1 heterocycles. The topological polar surface area (TPSA) is 72.9 Å². The molecule has 0 N–H and O–H groups in total. The normalized spacial score (nSPS) is 12.7. The van der Waals surface area contributed by atoms with Gasteiger partial charge in [0.15, 0.2) is 5.82 Å². The van der Waals surface area contributed by atoms with Crippen molar-refractivity contribution in [3.05, 3.63) is 71.0 Å². The van der Waals surface area contributed by atoms with E-state index in [-0.39, 0.29) is 12.0 Å². The van der Waals surface area contributed by atoms with Crippen molar-refractivity contribution in [1.82, 2.24) is 15.6 Å². The lowest BCUT2D eigenvalue weighted by atomic mass is 9.95. The molecule has 0 amide bonds. The maximum atomic E-state index is 13.4. The maximum absolute atomic E-state index is 13.4. The second-order valence-electron chi connectivity index (χ2n) is 9.20. The van der Waals surface area contributed by atoms with Gasteiger partial charge < -0.3 is 4.52 Å². The first-order valence-electron chi connectivity index (χ1n) is 12.8. The summed E-state index contributed by atoms with van der Waals surface area (Å²) in [5.41, 5.74) is 3.50. The zero-order valence-corrected chi connectivity index (χ0v) is 20.8. The van der Waals surface area contributed by atoms with Crippen molar-refractivity contribution >= 4 is 0 Å². The van der Waals surface area contributed by atoms with Crippen LogP contribution in [0.25, 0.3) is 11.5 Å². The van der Waals surface area contributed by atoms with E-state index in [2.05, 4.69) is 22.5 Å². The van der Waals surface area contributed by atoms with Gasteiger partial charge in [-0.2, -0.15) is 18.2 Å². The van der Waals surface area contributed by atoms with E-state index in [1.165, 1.54) is 63.1 Å². The zero-order chi connectivity index (χ0) is 25.8. The molecule has 3 rings (SSSR count). The molecule has 1 atom stereocenters. The molecule has 2 radical (unpaired) electrons. The Balaban J connectivity index is 1.56. The Morgan fingerprint density at radius 1 is 0.917 bits per heavy atom. The number of hydroxylamine groups is 1. The molecule has 0 aliphatic carbocycles. The number of nitrogens with zero attached hydrogens (tertiary/aromatic N) is 3. The van der Waals surface area contributed by atoms with Gasteiger partial charge in [-0.05, 0) is 42.2 Å². The molecule has 0 aliphatic rings. The average Bonchev–Trinajstić information content (AvgIpc) is 3.35. The Labute approximate surface area is 211 Å². The van der Waals surface area contributed by atoms with Crippen LogP contribution in [0.3, 0.4) is 0 Å². The Morgan fingerprint density at radius 3 is 2.31 bits per heavy atom. The lowest BCUT2D eigenvalue weighted by molar-refractivity contribution is -0.138. The molecule has 0 spiro atoms. The van der Waals surface area contributed by atoms with Crippen molar-refractivity contribution in [3.63, 3.8) is 0 Å². The van der Waals surface area contributed by atoms with E-state index >= 15 is 0 Å². The fraction of sp³-hybridized carbons (Fsp3) is 0.500. The van der Waals surface area contributed by atoms with Crippen molar-refractivity contribution in [2.24, 2.45) is 0 Å². The number of hydrogen-bond acceptors (Lipinski definition) is 3. The van der Waals surface area contributed by atoms with E-state index in [4.69, 9.17) is 4.52 Å². The third kappa shape index (κ3) is 8.45. The molecule has 2 aromatic carbocycles. The van der Waals surface area contributed by atoms with E-state index in [0.29, 0.717) is 22.8 Å². The summed E-state index contributed by atoms with van der Waals surface area (Å²) in [5, 5.41) is 15.7. The molecular weight excluding hydrogens is 467 g/mol. The summed E-state index contributed by atoms with van der Waals surface area (Å²) in [5.74, 6) is 0.950. The highest BCUT2D eigenvalue weighted by atomic mass is 19.4. The molecule has 8 heteroatoms. The van der Waals surface area contributed by atoms with Gasteiger partial charge in [-0.1, -0.05) is 99.3 Å². The van der Waals surface area contributed by atoms with E-state index < -0.39 is 17.8 Å². The summed E-state index contributed by atoms with van der Waals surface area (Å²) >= 11 is 0. The molecule has 5 nitrogen and oxygen atoms in total. The Morgan fingerprint density at radius 2 is 1.61 bits per heavy atom. The van der Waals surface area contributed by atoms with Gasteiger partial charge in [0.25, 0.3) is 5.89 Å². The second-order valence-corrected chi connectivity index (χ2v) is 9.20. The first-order valence-corrected chi connectivity index (χ1v) is 12.8. The average molecular weight is 502 g/mol. The van der Waals surface area contributed by atoms with Crippen LogP contribution in [0.5, 0.6) is 0 Å². The molecule has 0 fully saturated rings. The van der Waals surface area contributed by atoms with Crippen molar-refractivity contribution < 1.29 is 22.9 Å². The minimum atomic E-state index is -4.50. The number of benzene rings is 2. The molecule has 194 valence electrons. The fourth-order valence-corrected chi connectivity index (χ4v) is 4.34. The summed E-state index contributed by atoms with van der Waals surface area (Å²) in [7, 11) is 0. The number of unbranched alkanes of at least 4 members (excludes halogenated alkanes) is 8. The van der Waals surface area contributed by atoms with Gasteiger partial charge in [0.05, 0.1) is 11.6 Å². The van der Waals surface area contributed by atoms with E-state index in [1.54, 1.807) is 24.3 Å². The maximum Gasteiger partial charge on any atom is 0.416 e. The summed E-state index contributed by atoms with van der Waals surface area (Å²) in [6.45, 7) is 2.22. The quantitative estimate of drug-likeness (QED) is 0.156. The van der Waals surface area contributed by atoms with Crippen molar-refractivity contribution in [1.29, 1.82) is 0 Å². The van der Waals surface area contributed by atoms with Gasteiger partial charge in [-0.15, -0.1) is 5.21 Å². The minimum Gasteiger partial charge on any atom is -0.334 e. The number of alkyl halides is 3. The van der Waals surface area contributed by atoms with Crippen LogP contribution < -0.4 is 5.48 Å². The summed E-state index contributed by atoms with van der Waals surface area (Å²) in [4.78, 5) is 4.47. The van der Waals surface area contributed by atoms with Crippen LogP contribution >= 0.6 is 0 Å². The molecule has 36 heavy (non-hydrogen) atoms. The van der Waals surface area contributed by atoms with Crippen LogP contribution in [0.2, 0.25) is 0 Å². The van der Waals surface area contributed by atoms with Gasteiger partial charge in [0.2, 0.25) is 0 Å². The highest BCUT2D eigenvalue weighted by Gasteiger charge is 2.33. The lowest BCUT2D eigenvalue weighted by Crippen LogP contribution is -2.16. The molecule has 1 unspecified atom stereocenters. The van der Waals surface area contributed by atoms with Crippen LogP contribution in [0.1, 0.15) is 93.3 Å². The van der Waals surface area contributed by atoms with Gasteiger partial charge in [0.1, 0.15) is 0 Å². The highest BCUT2D eigenvalue weighted by molar-refractivity contribution is 5.54. The molecular formula is C28H34F3N3O2. The summed E-state index contributed by atoms with van der Waals surface area (Å²) in [6.07, 6.45) is 7.17. The number of aryl methyl sites for hydroxylation is 1. The van der Waals surface area contributed by atoms with E-state index in [1.807, 2.05) is 0 Å². The molecule has 0 saturated carbocycles. The van der Waals surface area contributed by atoms with Crippen LogP contribution in [0, 0.1) is 0 Å². The van der Waals surface area contributed by atoms with Gasteiger partial charge >= 0.3 is 6.18 Å². The van der Waals surface area contributed by atoms with Crippen molar-refractivity contribution in [2.45, 2.75) is 89.8 Å². The Bertz CT molecular complexity index is 1050. The van der Waals surface area contributed by atoms with E-state index in [9.17, 15) is 18.4 Å². The SMILES string of the molecule is CCCCCCCCCCCc1noc(-c2cccc(C(Cc3ccccc3C(F)(F)F)[N][O])c2)n1. The van der Waals surface area contributed by atoms with Crippen molar-refractivity contribution in [3.8, 4) is 11.5 Å². The third-order valence-electron chi connectivity index (χ3n) is 6.35. The first kappa shape index (κ1) is 27.9. The molecule has 3 aromatic rings. The number of aromatic nitrogens is 2. The van der Waals surface area contributed by atoms with Gasteiger partial charge in [-0.25, -0.2) is 0 Å². The lowest BCUT2D eigenvalue weighted by Gasteiger charge is -2.17. The van der Waals surface area contributed by atoms with Crippen LogP contribution in [-0.4, -0.2) is 10.1 Å². The number of rotatable bonds is 15. The van der Waals surface area contributed by atoms with Crippen LogP contribution in [-0.2, 0) is 24.2 Å². The van der Waals surface area contributed by atoms with Crippen LogP contribution in [0.4, 0.5) is 13.2 Å². The number of halogens is 3. The third-order valence-corrected chi connectivity index (χ3v) is 6.35. The van der Waals surface area contributed by atoms with Gasteiger partial charge in [0, 0.05) is 12.0 Å². The molecule has 0 aliphatic heterocycles. The second kappa shape index (κ2) is 14.1. The fourth-order valence-electron chi connectivity index (χ4n) is 4.34. The summed E-state index contributed by atoms with van der Waals surface area (Å²) in [6, 6.07) is 11.1. The monoisotopic (exact) mass is 501 g/mol. The first-order chi connectivity index (χ1) is 17.4. The van der Waals surface area contributed by atoms with Gasteiger partial charge in [-0.3, -0.25) is 0 Å². The highest BCUT2D eigenvalue weighted by Crippen LogP contribution is 2.34. The van der Waals surface area contributed by atoms with Crippen LogP contribution in [0.15, 0.2) is 53.1 Å². The van der Waals surface area contributed by atoms with E-state index in [0.717, 1.165) is 25.3 Å². The molecule has 0 saturated heterocycles. The van der Waals surface area contributed by atoms with Crippen molar-refractivity contribution in [2.75, 3.05) is 0 Å². The largest absolute Gasteiger partial charge is 0.416 e. The molecule has 1 aromatic heterocycles. The Hall–Kier alpha value is -2.71. The minimum absolute atomic E-state index is 0.0287. The summed E-state index contributed by atoms with van der Waals surface area (Å²) < 4.78 is 45.5. The number of hydrogen-bond donors (Lipinski definition) is 0. The Kier molecular flexibility index (Phi) is 10.9. The standard InChI is InChI=1S/C28H34F3N3O2/c1-2-3-4-5-6-7-8-9-10-18-26-32-27(36-34-26)23-16-13-15-22(19-23)25(33-35)20-21-14-11-12-17-24(21)28(29,30)31/h11-17,19,25H,2-10,18,20H2,1H3. The molecule has 0 bridgehead atoms. The predicted molar refractivity (Wildman–Crippen MR) is 131 cm³/mol. The smallest absolute Gasteiger partial charge is 0.334 e. The predicted octanol–water partition coefficient (Wildman–Crippen LogP) is 8.06. The zero-order valence-electron chi connectivity index (χ0n) is 20.8.